The summed E-state index contributed by atoms with van der Waals surface area (Å²) in [4.78, 5) is 21.7. The third-order valence-electron chi connectivity index (χ3n) is 5.67. The molecule has 2 aliphatic carbocycles. The Morgan fingerprint density at radius 3 is 1.50 bits per heavy atom. The molecule has 2 N–H and O–H groups in total. The van der Waals surface area contributed by atoms with Crippen molar-refractivity contribution in [2.75, 3.05) is 0 Å². The van der Waals surface area contributed by atoms with Crippen LogP contribution in [0, 0.1) is 26.1 Å². The van der Waals surface area contributed by atoms with Gasteiger partial charge in [-0.2, -0.15) is 0 Å². The Labute approximate surface area is 151 Å². The largest absolute Gasteiger partial charge is 0.378 e. The Morgan fingerprint density at radius 2 is 1.23 bits per heavy atom. The van der Waals surface area contributed by atoms with Crippen LogP contribution in [0.3, 0.4) is 0 Å². The highest BCUT2D eigenvalue weighted by Crippen LogP contribution is 2.38. The summed E-state index contributed by atoms with van der Waals surface area (Å²) in [6, 6.07) is -2.60. The number of nitro groups is 2. The maximum atomic E-state index is 11.4. The molecule has 0 amide bonds. The summed E-state index contributed by atoms with van der Waals surface area (Å²) in [5.74, 6) is -0.364. The standard InChI is InChI=1S/C18H24N2O6/c1-10-6-13(8-15(19(23)24)17(10,4)21)12(3)14-7-11(2)18(5,22)16(9-14)20(25)26/h6-9,12,15-16,21-22H,1-5H3. The Hall–Kier alpha value is -2.32. The zero-order chi connectivity index (χ0) is 20.0. The molecule has 4 atom stereocenters. The quantitative estimate of drug-likeness (QED) is 0.581. The zero-order valence-electron chi connectivity index (χ0n) is 15.5. The molecule has 2 rings (SSSR count). The van der Waals surface area contributed by atoms with Gasteiger partial charge in [0.15, 0.2) is 11.2 Å². The maximum absolute atomic E-state index is 11.4. The molecule has 0 bridgehead atoms. The molecule has 0 spiro atoms. The van der Waals surface area contributed by atoms with Gasteiger partial charge < -0.3 is 10.2 Å². The molecule has 0 radical (unpaired) electrons. The summed E-state index contributed by atoms with van der Waals surface area (Å²) in [7, 11) is 0. The van der Waals surface area contributed by atoms with Gasteiger partial charge in [0.2, 0.25) is 0 Å². The van der Waals surface area contributed by atoms with E-state index in [0.717, 1.165) is 0 Å². The number of hydrogen-bond acceptors (Lipinski definition) is 6. The van der Waals surface area contributed by atoms with Crippen LogP contribution in [0.5, 0.6) is 0 Å². The molecular weight excluding hydrogens is 340 g/mol. The first-order valence-electron chi connectivity index (χ1n) is 8.32. The predicted molar refractivity (Wildman–Crippen MR) is 95.7 cm³/mol. The molecule has 26 heavy (non-hydrogen) atoms. The summed E-state index contributed by atoms with van der Waals surface area (Å²) in [6.07, 6.45) is 6.16. The fraction of sp³-hybridized carbons (Fsp3) is 0.556. The summed E-state index contributed by atoms with van der Waals surface area (Å²) in [5, 5.41) is 43.5. The molecule has 0 saturated carbocycles. The lowest BCUT2D eigenvalue weighted by molar-refractivity contribution is -0.528. The van der Waals surface area contributed by atoms with Gasteiger partial charge in [-0.15, -0.1) is 0 Å². The molecule has 142 valence electrons. The van der Waals surface area contributed by atoms with E-state index < -0.39 is 33.1 Å². The van der Waals surface area contributed by atoms with Crippen LogP contribution in [0.2, 0.25) is 0 Å². The predicted octanol–water partition coefficient (Wildman–Crippen LogP) is 2.19. The van der Waals surface area contributed by atoms with Crippen molar-refractivity contribution in [3.63, 3.8) is 0 Å². The van der Waals surface area contributed by atoms with Crippen molar-refractivity contribution in [2.45, 2.75) is 57.9 Å². The van der Waals surface area contributed by atoms with Crippen molar-refractivity contribution in [1.29, 1.82) is 0 Å². The van der Waals surface area contributed by atoms with Crippen molar-refractivity contribution in [2.24, 2.45) is 5.92 Å². The molecule has 0 fully saturated rings. The topological polar surface area (TPSA) is 127 Å². The van der Waals surface area contributed by atoms with Gasteiger partial charge in [-0.25, -0.2) is 0 Å². The Kier molecular flexibility index (Phi) is 4.95. The molecular formula is C18H24N2O6. The average molecular weight is 364 g/mol. The molecule has 0 saturated heterocycles. The van der Waals surface area contributed by atoms with Gasteiger partial charge in [-0.05, 0) is 62.1 Å². The summed E-state index contributed by atoms with van der Waals surface area (Å²) in [6.45, 7) is 7.83. The van der Waals surface area contributed by atoms with Crippen LogP contribution in [0.25, 0.3) is 0 Å². The maximum Gasteiger partial charge on any atom is 0.263 e. The average Bonchev–Trinajstić information content (AvgIpc) is 2.50. The van der Waals surface area contributed by atoms with Gasteiger partial charge >= 0.3 is 0 Å². The highest BCUT2D eigenvalue weighted by atomic mass is 16.6. The highest BCUT2D eigenvalue weighted by molar-refractivity contribution is 5.46. The van der Waals surface area contributed by atoms with E-state index in [1.165, 1.54) is 26.0 Å². The lowest BCUT2D eigenvalue weighted by Gasteiger charge is -2.34. The molecule has 4 unspecified atom stereocenters. The number of allylic oxidation sites excluding steroid dienone is 4. The van der Waals surface area contributed by atoms with Crippen molar-refractivity contribution >= 4 is 0 Å². The van der Waals surface area contributed by atoms with Gasteiger partial charge in [-0.1, -0.05) is 19.1 Å². The number of nitrogens with zero attached hydrogens (tertiary/aromatic N) is 2. The van der Waals surface area contributed by atoms with Gasteiger partial charge in [0, 0.05) is 15.8 Å². The van der Waals surface area contributed by atoms with Crippen LogP contribution in [0.1, 0.15) is 34.6 Å². The van der Waals surface area contributed by atoms with E-state index in [0.29, 0.717) is 22.3 Å². The van der Waals surface area contributed by atoms with Gasteiger partial charge in [-0.3, -0.25) is 20.2 Å². The number of aliphatic hydroxyl groups is 2. The van der Waals surface area contributed by atoms with Crippen LogP contribution in [-0.4, -0.2) is 43.3 Å². The van der Waals surface area contributed by atoms with E-state index in [2.05, 4.69) is 0 Å². The zero-order valence-corrected chi connectivity index (χ0v) is 15.5. The van der Waals surface area contributed by atoms with Crippen molar-refractivity contribution in [1.82, 2.24) is 0 Å². The first-order valence-corrected chi connectivity index (χ1v) is 8.32. The molecule has 0 heterocycles. The molecule has 0 aromatic heterocycles. The fourth-order valence-corrected chi connectivity index (χ4v) is 3.31. The SMILES string of the molecule is CC1=CC(C(C)C2=CC([N+](=O)[O-])C(C)(O)C(C)=C2)=CC([N+](=O)[O-])C1(C)O. The van der Waals surface area contributed by atoms with E-state index in [4.69, 9.17) is 0 Å². The van der Waals surface area contributed by atoms with Crippen molar-refractivity contribution < 1.29 is 20.1 Å². The summed E-state index contributed by atoms with van der Waals surface area (Å²) in [5.41, 5.74) is -1.06. The first-order chi connectivity index (χ1) is 11.8. The Balaban J connectivity index is 2.47. The third-order valence-corrected chi connectivity index (χ3v) is 5.67. The second-order valence-corrected chi connectivity index (χ2v) is 7.47. The van der Waals surface area contributed by atoms with Crippen molar-refractivity contribution in [3.05, 3.63) is 66.8 Å². The van der Waals surface area contributed by atoms with E-state index in [9.17, 15) is 30.4 Å². The van der Waals surface area contributed by atoms with E-state index in [-0.39, 0.29) is 5.92 Å². The smallest absolute Gasteiger partial charge is 0.263 e. The van der Waals surface area contributed by atoms with Crippen LogP contribution >= 0.6 is 0 Å². The molecule has 8 nitrogen and oxygen atoms in total. The van der Waals surface area contributed by atoms with Gasteiger partial charge in [0.1, 0.15) is 0 Å². The van der Waals surface area contributed by atoms with Crippen LogP contribution in [0.4, 0.5) is 0 Å². The Bertz CT molecular complexity index is 709. The molecule has 2 aliphatic rings. The third kappa shape index (κ3) is 3.22. The van der Waals surface area contributed by atoms with Crippen molar-refractivity contribution in [3.8, 4) is 0 Å². The molecule has 0 aromatic rings. The fourth-order valence-electron chi connectivity index (χ4n) is 3.31. The van der Waals surface area contributed by atoms with Crippen LogP contribution in [-0.2, 0) is 0 Å². The minimum Gasteiger partial charge on any atom is -0.378 e. The van der Waals surface area contributed by atoms with E-state index in [1.54, 1.807) is 32.9 Å². The Morgan fingerprint density at radius 1 is 0.923 bits per heavy atom. The summed E-state index contributed by atoms with van der Waals surface area (Å²) < 4.78 is 0. The lowest BCUT2D eigenvalue weighted by atomic mass is 9.75. The minimum absolute atomic E-state index is 0.364. The summed E-state index contributed by atoms with van der Waals surface area (Å²) >= 11 is 0. The normalized spacial score (nSPS) is 35.7. The monoisotopic (exact) mass is 364 g/mol. The van der Waals surface area contributed by atoms with Gasteiger partial charge in [0.25, 0.3) is 12.1 Å². The second kappa shape index (κ2) is 6.44. The number of hydrogen-bond donors (Lipinski definition) is 2. The lowest BCUT2D eigenvalue weighted by Crippen LogP contribution is -2.47. The molecule has 8 heteroatoms. The van der Waals surface area contributed by atoms with E-state index in [1.807, 2.05) is 0 Å². The van der Waals surface area contributed by atoms with E-state index >= 15 is 0 Å². The molecule has 0 aromatic carbocycles. The van der Waals surface area contributed by atoms with Crippen LogP contribution < -0.4 is 0 Å². The minimum atomic E-state index is -1.59. The van der Waals surface area contributed by atoms with Crippen LogP contribution in [0.15, 0.2) is 46.6 Å². The molecule has 0 aliphatic heterocycles. The first kappa shape index (κ1) is 20.0. The van der Waals surface area contributed by atoms with Gasteiger partial charge in [0.05, 0.1) is 0 Å². The second-order valence-electron chi connectivity index (χ2n) is 7.47. The highest BCUT2D eigenvalue weighted by Gasteiger charge is 2.46. The number of rotatable bonds is 4.